The molecule has 2 rings (SSSR count). The number of nitrogens with one attached hydrogen (secondary N) is 1. The van der Waals surface area contributed by atoms with Crippen molar-refractivity contribution in [2.45, 2.75) is 17.8 Å². The molecule has 2 N–H and O–H groups in total. The van der Waals surface area contributed by atoms with Gasteiger partial charge >= 0.3 is 12.1 Å². The zero-order valence-electron chi connectivity index (χ0n) is 11.1. The topological polar surface area (TPSA) is 92.7 Å². The number of hydrogen-bond acceptors (Lipinski definition) is 4. The van der Waals surface area contributed by atoms with Crippen molar-refractivity contribution in [2.24, 2.45) is 0 Å². The Bertz CT molecular complexity index is 680. The number of rotatable bonds is 4. The number of ether oxygens (including phenoxy) is 1. The van der Waals surface area contributed by atoms with E-state index in [2.05, 4.69) is 0 Å². The first kappa shape index (κ1) is 16.6. The number of anilines is 1. The second-order valence-electron chi connectivity index (χ2n) is 4.73. The average Bonchev–Trinajstić information content (AvgIpc) is 2.91. The maximum Gasteiger partial charge on any atom is 0.416 e. The molecule has 10 heteroatoms. The Morgan fingerprint density at radius 1 is 1.32 bits per heavy atom. The fraction of sp³-hybridized carbons (Fsp3) is 0.417. The van der Waals surface area contributed by atoms with E-state index in [1.165, 1.54) is 0 Å². The smallest absolute Gasteiger partial charge is 0.416 e. The second kappa shape index (κ2) is 5.76. The molecule has 0 aromatic heterocycles. The highest BCUT2D eigenvalue weighted by Crippen LogP contribution is 2.32. The van der Waals surface area contributed by atoms with Gasteiger partial charge in [0.2, 0.25) is 10.0 Å². The van der Waals surface area contributed by atoms with Crippen LogP contribution in [0, 0.1) is 0 Å². The van der Waals surface area contributed by atoms with Crippen LogP contribution in [0.25, 0.3) is 0 Å². The van der Waals surface area contributed by atoms with Crippen LogP contribution < -0.4 is 4.72 Å². The molecule has 0 radical (unpaired) electrons. The van der Waals surface area contributed by atoms with E-state index in [4.69, 9.17) is 9.84 Å². The highest BCUT2D eigenvalue weighted by Gasteiger charge is 2.33. The lowest BCUT2D eigenvalue weighted by Gasteiger charge is -2.15. The van der Waals surface area contributed by atoms with E-state index in [-0.39, 0.29) is 19.6 Å². The molecule has 1 fully saturated rings. The number of benzene rings is 1. The van der Waals surface area contributed by atoms with Crippen LogP contribution >= 0.6 is 0 Å². The first-order chi connectivity index (χ1) is 10.1. The number of carboxylic acids is 1. The summed E-state index contributed by atoms with van der Waals surface area (Å²) in [6.07, 6.45) is -4.57. The number of halogens is 3. The summed E-state index contributed by atoms with van der Waals surface area (Å²) in [5, 5.41) is 7.97. The van der Waals surface area contributed by atoms with Crippen molar-refractivity contribution in [1.29, 1.82) is 0 Å². The summed E-state index contributed by atoms with van der Waals surface area (Å²) in [5.41, 5.74) is -2.35. The second-order valence-corrected chi connectivity index (χ2v) is 6.70. The number of sulfonamides is 1. The maximum absolute atomic E-state index is 12.8. The van der Waals surface area contributed by atoms with Crippen LogP contribution in [0.15, 0.2) is 18.2 Å². The standard InChI is InChI=1S/C12H12F3NO5S/c13-12(14,15)8-3-7(11(17)18)4-9(5-8)16-22(19,20)10-1-2-21-6-10/h3-5,10,16H,1-2,6H2,(H,17,18). The Balaban J connectivity index is 2.38. The Morgan fingerprint density at radius 2 is 2.00 bits per heavy atom. The van der Waals surface area contributed by atoms with Crippen molar-refractivity contribution in [3.63, 3.8) is 0 Å². The predicted octanol–water partition coefficient (Wildman–Crippen LogP) is 1.93. The highest BCUT2D eigenvalue weighted by molar-refractivity contribution is 7.93. The van der Waals surface area contributed by atoms with Gasteiger partial charge in [-0.15, -0.1) is 0 Å². The van der Waals surface area contributed by atoms with Crippen LogP contribution in [-0.2, 0) is 20.9 Å². The summed E-state index contributed by atoms with van der Waals surface area (Å²) in [6.45, 7) is 0.189. The lowest BCUT2D eigenvalue weighted by atomic mass is 10.1. The largest absolute Gasteiger partial charge is 0.478 e. The van der Waals surface area contributed by atoms with E-state index in [9.17, 15) is 26.4 Å². The van der Waals surface area contributed by atoms with Gasteiger partial charge < -0.3 is 9.84 Å². The predicted molar refractivity (Wildman–Crippen MR) is 70.2 cm³/mol. The number of carbonyl (C=O) groups is 1. The van der Waals surface area contributed by atoms with E-state index in [0.29, 0.717) is 12.1 Å². The van der Waals surface area contributed by atoms with Crippen molar-refractivity contribution in [3.8, 4) is 0 Å². The molecule has 1 heterocycles. The zero-order chi connectivity index (χ0) is 16.5. The first-order valence-corrected chi connectivity index (χ1v) is 7.69. The third-order valence-electron chi connectivity index (χ3n) is 3.09. The molecule has 122 valence electrons. The molecule has 22 heavy (non-hydrogen) atoms. The van der Waals surface area contributed by atoms with Gasteiger partial charge in [0.25, 0.3) is 0 Å². The van der Waals surface area contributed by atoms with Gasteiger partial charge in [-0.1, -0.05) is 0 Å². The third-order valence-corrected chi connectivity index (χ3v) is 4.86. The van der Waals surface area contributed by atoms with Crippen LogP contribution in [0.3, 0.4) is 0 Å². The molecule has 1 unspecified atom stereocenters. The summed E-state index contributed by atoms with van der Waals surface area (Å²) >= 11 is 0. The number of hydrogen-bond donors (Lipinski definition) is 2. The van der Waals surface area contributed by atoms with Crippen LogP contribution in [0.1, 0.15) is 22.3 Å². The SMILES string of the molecule is O=C(O)c1cc(NS(=O)(=O)C2CCOC2)cc(C(F)(F)F)c1. The summed E-state index contributed by atoms with van der Waals surface area (Å²) in [6, 6.07) is 1.84. The molecule has 1 aromatic rings. The average molecular weight is 339 g/mol. The van der Waals surface area contributed by atoms with Crippen molar-refractivity contribution < 1.29 is 36.2 Å². The zero-order valence-corrected chi connectivity index (χ0v) is 11.9. The normalized spacial score (nSPS) is 19.1. The maximum atomic E-state index is 12.8. The third kappa shape index (κ3) is 3.69. The van der Waals surface area contributed by atoms with Crippen molar-refractivity contribution in [2.75, 3.05) is 17.9 Å². The van der Waals surface area contributed by atoms with Gasteiger partial charge in [0.1, 0.15) is 5.25 Å². The molecule has 0 saturated carbocycles. The van der Waals surface area contributed by atoms with E-state index in [0.717, 1.165) is 6.07 Å². The molecular formula is C12H12F3NO5S. The molecule has 1 aliphatic heterocycles. The van der Waals surface area contributed by atoms with Gasteiger partial charge in [-0.05, 0) is 24.6 Å². The molecule has 1 atom stereocenters. The Hall–Kier alpha value is -1.81. The first-order valence-electron chi connectivity index (χ1n) is 6.14. The van der Waals surface area contributed by atoms with Gasteiger partial charge in [0, 0.05) is 12.3 Å². The molecule has 1 saturated heterocycles. The van der Waals surface area contributed by atoms with E-state index in [1.54, 1.807) is 0 Å². The number of carboxylic acid groups (broad SMARTS) is 1. The van der Waals surface area contributed by atoms with Crippen LogP contribution in [0.4, 0.5) is 18.9 Å². The minimum absolute atomic E-state index is 0.0555. The lowest BCUT2D eigenvalue weighted by molar-refractivity contribution is -0.137. The minimum atomic E-state index is -4.79. The van der Waals surface area contributed by atoms with Crippen LogP contribution in [0.2, 0.25) is 0 Å². The summed E-state index contributed by atoms with van der Waals surface area (Å²) in [7, 11) is -3.95. The molecule has 6 nitrogen and oxygen atoms in total. The van der Waals surface area contributed by atoms with Crippen molar-refractivity contribution in [1.82, 2.24) is 0 Å². The van der Waals surface area contributed by atoms with E-state index < -0.39 is 44.2 Å². The molecule has 1 aliphatic rings. The summed E-state index contributed by atoms with van der Waals surface area (Å²) in [4.78, 5) is 10.9. The highest BCUT2D eigenvalue weighted by atomic mass is 32.2. The Kier molecular flexibility index (Phi) is 4.34. The van der Waals surface area contributed by atoms with Crippen molar-refractivity contribution in [3.05, 3.63) is 29.3 Å². The van der Waals surface area contributed by atoms with Gasteiger partial charge in [0.05, 0.1) is 17.7 Å². The summed E-state index contributed by atoms with van der Waals surface area (Å²) in [5.74, 6) is -1.59. The van der Waals surface area contributed by atoms with Crippen molar-refractivity contribution >= 4 is 21.7 Å². The summed E-state index contributed by atoms with van der Waals surface area (Å²) < 4.78 is 69.2. The van der Waals surface area contributed by atoms with Crippen LogP contribution in [0.5, 0.6) is 0 Å². The molecular weight excluding hydrogens is 327 g/mol. The van der Waals surface area contributed by atoms with Gasteiger partial charge in [-0.2, -0.15) is 13.2 Å². The fourth-order valence-electron chi connectivity index (χ4n) is 1.98. The lowest BCUT2D eigenvalue weighted by Crippen LogP contribution is -2.28. The molecule has 1 aromatic carbocycles. The van der Waals surface area contributed by atoms with E-state index in [1.807, 2.05) is 4.72 Å². The molecule has 0 amide bonds. The van der Waals surface area contributed by atoms with Gasteiger partial charge in [0.15, 0.2) is 0 Å². The molecule has 0 spiro atoms. The van der Waals surface area contributed by atoms with Gasteiger partial charge in [-0.25, -0.2) is 13.2 Å². The molecule has 0 aliphatic carbocycles. The number of alkyl halides is 3. The minimum Gasteiger partial charge on any atom is -0.478 e. The Morgan fingerprint density at radius 3 is 2.50 bits per heavy atom. The van der Waals surface area contributed by atoms with Gasteiger partial charge in [-0.3, -0.25) is 4.72 Å². The van der Waals surface area contributed by atoms with Crippen LogP contribution in [-0.4, -0.2) is 38.0 Å². The quantitative estimate of drug-likeness (QED) is 0.874. The molecule has 0 bridgehead atoms. The monoisotopic (exact) mass is 339 g/mol. The Labute approximate surface area is 123 Å². The van der Waals surface area contributed by atoms with E-state index >= 15 is 0 Å². The fourth-order valence-corrected chi connectivity index (χ4v) is 3.27. The number of aromatic carboxylic acids is 1.